The quantitative estimate of drug-likeness (QED) is 0.741. The first-order chi connectivity index (χ1) is 9.49. The van der Waals surface area contributed by atoms with Crippen molar-refractivity contribution in [2.45, 2.75) is 65.6 Å². The highest BCUT2D eigenvalue weighted by atomic mass is 35.5. The summed E-state index contributed by atoms with van der Waals surface area (Å²) in [5.74, 6) is 1.72. The van der Waals surface area contributed by atoms with Gasteiger partial charge in [0, 0.05) is 24.1 Å². The zero-order valence-corrected chi connectivity index (χ0v) is 14.9. The van der Waals surface area contributed by atoms with Crippen molar-refractivity contribution in [2.75, 3.05) is 18.0 Å². The van der Waals surface area contributed by atoms with Crippen LogP contribution in [0.5, 0.6) is 0 Å². The maximum atomic E-state index is 6.34. The number of hydrogen-bond acceptors (Lipinski definition) is 4. The topological polar surface area (TPSA) is 38.2 Å². The largest absolute Gasteiger partial charge is 0.369 e. The second kappa shape index (κ2) is 5.40. The molecule has 0 aliphatic carbocycles. The van der Waals surface area contributed by atoms with Gasteiger partial charge in [-0.15, -0.1) is 0 Å². The summed E-state index contributed by atoms with van der Waals surface area (Å²) in [4.78, 5) is 11.5. The highest BCUT2D eigenvalue weighted by molar-refractivity contribution is 6.30. The molecule has 1 unspecified atom stereocenters. The van der Waals surface area contributed by atoms with Crippen molar-refractivity contribution >= 4 is 17.4 Å². The smallest absolute Gasteiger partial charge is 0.137 e. The Balaban J connectivity index is 2.45. The molecule has 0 aromatic carbocycles. The SMILES string of the molecule is Cc1c(Cl)nc(C(C)(C)C)nc1N1CC(C)OC(C)(C)C1. The van der Waals surface area contributed by atoms with Crippen LogP contribution in [0, 0.1) is 6.92 Å². The Labute approximate surface area is 132 Å². The average molecular weight is 312 g/mol. The lowest BCUT2D eigenvalue weighted by Crippen LogP contribution is -2.52. The Hall–Kier alpha value is -0.870. The van der Waals surface area contributed by atoms with Gasteiger partial charge in [-0.2, -0.15) is 0 Å². The predicted molar refractivity (Wildman–Crippen MR) is 87.3 cm³/mol. The van der Waals surface area contributed by atoms with E-state index >= 15 is 0 Å². The Morgan fingerprint density at radius 3 is 2.43 bits per heavy atom. The van der Waals surface area contributed by atoms with Crippen molar-refractivity contribution in [3.8, 4) is 0 Å². The summed E-state index contributed by atoms with van der Waals surface area (Å²) in [6.07, 6.45) is 0.167. The van der Waals surface area contributed by atoms with Crippen LogP contribution >= 0.6 is 11.6 Å². The standard InChI is InChI=1S/C16H26ClN3O/c1-10-8-20(9-16(6,7)21-10)13-11(2)12(17)18-14(19-13)15(3,4)5/h10H,8-9H2,1-7H3. The molecule has 118 valence electrons. The van der Waals surface area contributed by atoms with Crippen molar-refractivity contribution < 1.29 is 4.74 Å². The fourth-order valence-corrected chi connectivity index (χ4v) is 2.90. The molecule has 1 aliphatic heterocycles. The molecule has 0 saturated carbocycles. The average Bonchev–Trinajstić information content (AvgIpc) is 2.28. The normalized spacial score (nSPS) is 22.5. The van der Waals surface area contributed by atoms with Crippen LogP contribution in [0.15, 0.2) is 0 Å². The predicted octanol–water partition coefficient (Wildman–Crippen LogP) is 3.74. The minimum Gasteiger partial charge on any atom is -0.369 e. The maximum Gasteiger partial charge on any atom is 0.137 e. The number of hydrogen-bond donors (Lipinski definition) is 0. The third kappa shape index (κ3) is 3.67. The first kappa shape index (κ1) is 16.5. The van der Waals surface area contributed by atoms with Crippen LogP contribution in [-0.2, 0) is 10.2 Å². The van der Waals surface area contributed by atoms with E-state index in [1.54, 1.807) is 0 Å². The summed E-state index contributed by atoms with van der Waals surface area (Å²) in [5, 5.41) is 0.543. The molecular weight excluding hydrogens is 286 g/mol. The Morgan fingerprint density at radius 2 is 1.90 bits per heavy atom. The molecule has 21 heavy (non-hydrogen) atoms. The van der Waals surface area contributed by atoms with Crippen molar-refractivity contribution in [3.05, 3.63) is 16.5 Å². The minimum absolute atomic E-state index is 0.125. The molecule has 1 atom stereocenters. The lowest BCUT2D eigenvalue weighted by molar-refractivity contribution is -0.0752. The van der Waals surface area contributed by atoms with Gasteiger partial charge in [-0.3, -0.25) is 0 Å². The van der Waals surface area contributed by atoms with Crippen LogP contribution in [0.2, 0.25) is 5.15 Å². The summed E-state index contributed by atoms with van der Waals surface area (Å²) < 4.78 is 5.97. The van der Waals surface area contributed by atoms with Crippen LogP contribution in [0.1, 0.15) is 52.9 Å². The third-order valence-electron chi connectivity index (χ3n) is 3.60. The zero-order chi connectivity index (χ0) is 16.0. The number of anilines is 1. The number of morpholine rings is 1. The van der Waals surface area contributed by atoms with Crippen LogP contribution in [-0.4, -0.2) is 34.8 Å². The van der Waals surface area contributed by atoms with Gasteiger partial charge in [0.25, 0.3) is 0 Å². The van der Waals surface area contributed by atoms with E-state index in [-0.39, 0.29) is 17.1 Å². The number of nitrogens with zero attached hydrogens (tertiary/aromatic N) is 3. The van der Waals surface area contributed by atoms with Crippen LogP contribution in [0.25, 0.3) is 0 Å². The van der Waals surface area contributed by atoms with E-state index in [9.17, 15) is 0 Å². The summed E-state index contributed by atoms with van der Waals surface area (Å²) in [5.41, 5.74) is 0.623. The zero-order valence-electron chi connectivity index (χ0n) is 14.1. The van der Waals surface area contributed by atoms with Gasteiger partial charge in [0.15, 0.2) is 0 Å². The first-order valence-electron chi connectivity index (χ1n) is 7.47. The Morgan fingerprint density at radius 1 is 1.29 bits per heavy atom. The van der Waals surface area contributed by atoms with E-state index in [0.717, 1.165) is 30.3 Å². The van der Waals surface area contributed by atoms with Gasteiger partial charge in [0.1, 0.15) is 16.8 Å². The molecule has 1 saturated heterocycles. The van der Waals surface area contributed by atoms with Gasteiger partial charge in [-0.25, -0.2) is 9.97 Å². The molecular formula is C16H26ClN3O. The van der Waals surface area contributed by atoms with Crippen molar-refractivity contribution in [3.63, 3.8) is 0 Å². The van der Waals surface area contributed by atoms with E-state index in [4.69, 9.17) is 21.3 Å². The highest BCUT2D eigenvalue weighted by Gasteiger charge is 2.33. The first-order valence-corrected chi connectivity index (χ1v) is 7.85. The van der Waals surface area contributed by atoms with E-state index in [1.165, 1.54) is 0 Å². The van der Waals surface area contributed by atoms with Gasteiger partial charge in [-0.1, -0.05) is 32.4 Å². The van der Waals surface area contributed by atoms with Crippen LogP contribution < -0.4 is 4.90 Å². The summed E-state index contributed by atoms with van der Waals surface area (Å²) in [6, 6.07) is 0. The summed E-state index contributed by atoms with van der Waals surface area (Å²) in [7, 11) is 0. The number of aromatic nitrogens is 2. The molecule has 2 heterocycles. The third-order valence-corrected chi connectivity index (χ3v) is 3.97. The molecule has 1 aromatic heterocycles. The summed E-state index contributed by atoms with van der Waals surface area (Å²) >= 11 is 6.34. The fourth-order valence-electron chi connectivity index (χ4n) is 2.74. The molecule has 0 spiro atoms. The lowest BCUT2D eigenvalue weighted by Gasteiger charge is -2.43. The van der Waals surface area contributed by atoms with Crippen molar-refractivity contribution in [1.29, 1.82) is 0 Å². The molecule has 1 aromatic rings. The second-order valence-corrected chi connectivity index (χ2v) is 7.96. The van der Waals surface area contributed by atoms with Gasteiger partial charge in [0.05, 0.1) is 11.7 Å². The second-order valence-electron chi connectivity index (χ2n) is 7.61. The molecule has 1 fully saturated rings. The van der Waals surface area contributed by atoms with Gasteiger partial charge in [-0.05, 0) is 27.7 Å². The lowest BCUT2D eigenvalue weighted by atomic mass is 9.95. The van der Waals surface area contributed by atoms with Crippen molar-refractivity contribution in [2.24, 2.45) is 0 Å². The number of ether oxygens (including phenoxy) is 1. The van der Waals surface area contributed by atoms with Gasteiger partial charge >= 0.3 is 0 Å². The minimum atomic E-state index is -0.191. The fraction of sp³-hybridized carbons (Fsp3) is 0.750. The van der Waals surface area contributed by atoms with E-state index in [0.29, 0.717) is 5.15 Å². The van der Waals surface area contributed by atoms with Crippen molar-refractivity contribution in [1.82, 2.24) is 9.97 Å². The molecule has 0 bridgehead atoms. The Kier molecular flexibility index (Phi) is 4.24. The van der Waals surface area contributed by atoms with E-state index in [1.807, 2.05) is 6.92 Å². The monoisotopic (exact) mass is 311 g/mol. The van der Waals surface area contributed by atoms with E-state index in [2.05, 4.69) is 51.4 Å². The van der Waals surface area contributed by atoms with Crippen LogP contribution in [0.4, 0.5) is 5.82 Å². The number of halogens is 1. The summed E-state index contributed by atoms with van der Waals surface area (Å²) in [6.45, 7) is 16.2. The molecule has 0 N–H and O–H groups in total. The Bertz CT molecular complexity index is 537. The molecule has 2 rings (SSSR count). The number of rotatable bonds is 1. The highest BCUT2D eigenvalue weighted by Crippen LogP contribution is 2.31. The maximum absolute atomic E-state index is 6.34. The van der Waals surface area contributed by atoms with Gasteiger partial charge < -0.3 is 9.64 Å². The molecule has 4 nitrogen and oxygen atoms in total. The van der Waals surface area contributed by atoms with E-state index < -0.39 is 0 Å². The molecule has 0 radical (unpaired) electrons. The molecule has 0 amide bonds. The molecule has 5 heteroatoms. The van der Waals surface area contributed by atoms with Crippen LogP contribution in [0.3, 0.4) is 0 Å². The van der Waals surface area contributed by atoms with Gasteiger partial charge in [0.2, 0.25) is 0 Å². The molecule has 1 aliphatic rings.